The Balaban J connectivity index is 1.70. The Hall–Kier alpha value is -0.380. The molecule has 2 saturated heterocycles. The van der Waals surface area contributed by atoms with Crippen LogP contribution in [0.1, 0.15) is 23.7 Å². The van der Waals surface area contributed by atoms with Crippen molar-refractivity contribution >= 4 is 29.2 Å². The van der Waals surface area contributed by atoms with Gasteiger partial charge in [0.25, 0.3) is 0 Å². The summed E-state index contributed by atoms with van der Waals surface area (Å²) in [6.45, 7) is 4.38. The third kappa shape index (κ3) is 2.79. The maximum Gasteiger partial charge on any atom is 0.0438 e. The van der Waals surface area contributed by atoms with Gasteiger partial charge in [0.2, 0.25) is 0 Å². The molecule has 2 aliphatic heterocycles. The number of benzene rings is 1. The van der Waals surface area contributed by atoms with Gasteiger partial charge in [-0.25, -0.2) is 4.42 Å². The van der Waals surface area contributed by atoms with E-state index in [0.717, 1.165) is 18.8 Å². The Kier molecular flexibility index (Phi) is 4.02. The van der Waals surface area contributed by atoms with Crippen molar-refractivity contribution in [3.8, 4) is 0 Å². The zero-order valence-electron chi connectivity index (χ0n) is 10.5. The van der Waals surface area contributed by atoms with Crippen LogP contribution in [-0.4, -0.2) is 36.4 Å². The van der Waals surface area contributed by atoms with Crippen LogP contribution >= 0.6 is 23.5 Å². The van der Waals surface area contributed by atoms with E-state index in [0.29, 0.717) is 5.25 Å². The quantitative estimate of drug-likeness (QED) is 0.766. The third-order valence-electron chi connectivity index (χ3n) is 3.75. The molecule has 3 rings (SSSR count). The van der Waals surface area contributed by atoms with Crippen molar-refractivity contribution in [1.82, 2.24) is 4.42 Å². The Labute approximate surface area is 118 Å². The van der Waals surface area contributed by atoms with E-state index in [1.165, 1.54) is 37.2 Å². The highest BCUT2D eigenvalue weighted by molar-refractivity contribution is 7.99. The molecule has 0 saturated carbocycles. The number of rotatable bonds is 2. The van der Waals surface area contributed by atoms with Crippen molar-refractivity contribution < 1.29 is 0 Å². The van der Waals surface area contributed by atoms with E-state index in [1.54, 1.807) is 0 Å². The molecule has 1 aromatic rings. The summed E-state index contributed by atoms with van der Waals surface area (Å²) < 4.78 is 1.91. The van der Waals surface area contributed by atoms with Crippen LogP contribution in [0, 0.1) is 0 Å². The highest BCUT2D eigenvalue weighted by Crippen LogP contribution is 2.34. The molecule has 1 aromatic carbocycles. The summed E-state index contributed by atoms with van der Waals surface area (Å²) in [5.41, 5.74) is 2.79. The summed E-state index contributed by atoms with van der Waals surface area (Å²) in [6.07, 6.45) is 2.67. The molecule has 0 radical (unpaired) electrons. The third-order valence-corrected chi connectivity index (χ3v) is 5.30. The molecule has 98 valence electrons. The largest absolute Gasteiger partial charge is 0.372 e. The van der Waals surface area contributed by atoms with Crippen LogP contribution in [0.2, 0.25) is 0 Å². The summed E-state index contributed by atoms with van der Waals surface area (Å²) in [4.78, 5) is 2.48. The van der Waals surface area contributed by atoms with Crippen molar-refractivity contribution in [2.24, 2.45) is 0 Å². The molecule has 1 atom stereocenters. The standard InChI is InChI=1S/C14H19ClN2S/c15-17-9-10-18-14(11-17)12-3-5-13(6-4-12)16-7-1-2-8-16/h3-6,14H,1-2,7-11H2/t14-/m1/s1. The van der Waals surface area contributed by atoms with Gasteiger partial charge in [-0.15, -0.1) is 0 Å². The maximum atomic E-state index is 6.11. The monoisotopic (exact) mass is 282 g/mol. The van der Waals surface area contributed by atoms with Gasteiger partial charge in [0.1, 0.15) is 0 Å². The lowest BCUT2D eigenvalue weighted by atomic mass is 10.1. The molecule has 0 spiro atoms. The van der Waals surface area contributed by atoms with Gasteiger partial charge in [-0.1, -0.05) is 12.1 Å². The van der Waals surface area contributed by atoms with Crippen LogP contribution in [0.4, 0.5) is 5.69 Å². The van der Waals surface area contributed by atoms with Crippen LogP contribution in [0.3, 0.4) is 0 Å². The highest BCUT2D eigenvalue weighted by Gasteiger charge is 2.21. The molecule has 0 aromatic heterocycles. The Morgan fingerprint density at radius 2 is 1.78 bits per heavy atom. The van der Waals surface area contributed by atoms with Crippen molar-refractivity contribution in [3.63, 3.8) is 0 Å². The number of hydrogen-bond acceptors (Lipinski definition) is 3. The Bertz CT molecular complexity index is 389. The van der Waals surface area contributed by atoms with Gasteiger partial charge in [-0.2, -0.15) is 11.8 Å². The lowest BCUT2D eigenvalue weighted by molar-refractivity contribution is 0.469. The topological polar surface area (TPSA) is 6.48 Å². The first-order chi connectivity index (χ1) is 8.83. The number of hydrogen-bond donors (Lipinski definition) is 0. The SMILES string of the molecule is ClN1CCS[C@@H](c2ccc(N3CCCC3)cc2)C1. The molecule has 2 fully saturated rings. The maximum absolute atomic E-state index is 6.11. The fraction of sp³-hybridized carbons (Fsp3) is 0.571. The first-order valence-corrected chi connectivity index (χ1v) is 8.09. The van der Waals surface area contributed by atoms with Gasteiger partial charge in [0.15, 0.2) is 0 Å². The molecule has 0 N–H and O–H groups in total. The molecule has 2 heterocycles. The lowest BCUT2D eigenvalue weighted by Crippen LogP contribution is -2.26. The zero-order chi connectivity index (χ0) is 12.4. The molecule has 0 amide bonds. The second-order valence-corrected chi connectivity index (χ2v) is 6.80. The number of halogens is 1. The van der Waals surface area contributed by atoms with Crippen molar-refractivity contribution in [2.45, 2.75) is 18.1 Å². The van der Waals surface area contributed by atoms with E-state index < -0.39 is 0 Å². The van der Waals surface area contributed by atoms with Crippen molar-refractivity contribution in [3.05, 3.63) is 29.8 Å². The minimum absolute atomic E-state index is 0.531. The minimum atomic E-state index is 0.531. The Morgan fingerprint density at radius 1 is 1.06 bits per heavy atom. The van der Waals surface area contributed by atoms with Gasteiger partial charge in [-0.05, 0) is 42.3 Å². The van der Waals surface area contributed by atoms with Gasteiger partial charge in [0.05, 0.1) is 0 Å². The summed E-state index contributed by atoms with van der Waals surface area (Å²) in [5, 5.41) is 0.531. The molecular weight excluding hydrogens is 264 g/mol. The van der Waals surface area contributed by atoms with Gasteiger partial charge in [0, 0.05) is 42.9 Å². The summed E-state index contributed by atoms with van der Waals surface area (Å²) in [7, 11) is 0. The van der Waals surface area contributed by atoms with E-state index >= 15 is 0 Å². The fourth-order valence-electron chi connectivity index (χ4n) is 2.69. The second-order valence-electron chi connectivity index (χ2n) is 5.01. The number of nitrogens with zero attached hydrogens (tertiary/aromatic N) is 2. The Morgan fingerprint density at radius 3 is 2.44 bits per heavy atom. The summed E-state index contributed by atoms with van der Waals surface area (Å²) >= 11 is 8.13. The highest BCUT2D eigenvalue weighted by atomic mass is 35.5. The van der Waals surface area contributed by atoms with E-state index in [1.807, 2.05) is 16.2 Å². The van der Waals surface area contributed by atoms with Gasteiger partial charge < -0.3 is 4.90 Å². The van der Waals surface area contributed by atoms with Gasteiger partial charge in [-0.3, -0.25) is 0 Å². The zero-order valence-corrected chi connectivity index (χ0v) is 12.1. The number of thioether (sulfide) groups is 1. The molecule has 2 nitrogen and oxygen atoms in total. The van der Waals surface area contributed by atoms with Crippen LogP contribution < -0.4 is 4.90 Å². The second kappa shape index (κ2) is 5.72. The van der Waals surface area contributed by atoms with Crippen LogP contribution in [-0.2, 0) is 0 Å². The van der Waals surface area contributed by atoms with Crippen LogP contribution in [0.25, 0.3) is 0 Å². The van der Waals surface area contributed by atoms with Crippen LogP contribution in [0.15, 0.2) is 24.3 Å². The minimum Gasteiger partial charge on any atom is -0.372 e. The first kappa shape index (κ1) is 12.6. The van der Waals surface area contributed by atoms with E-state index in [9.17, 15) is 0 Å². The average Bonchev–Trinajstić information content (AvgIpc) is 2.93. The van der Waals surface area contributed by atoms with E-state index in [-0.39, 0.29) is 0 Å². The van der Waals surface area contributed by atoms with Crippen molar-refractivity contribution in [2.75, 3.05) is 36.8 Å². The predicted molar refractivity (Wildman–Crippen MR) is 80.5 cm³/mol. The molecule has 0 aliphatic carbocycles. The van der Waals surface area contributed by atoms with E-state index in [2.05, 4.69) is 29.2 Å². The molecule has 0 unspecified atom stereocenters. The molecule has 18 heavy (non-hydrogen) atoms. The molecule has 0 bridgehead atoms. The molecule has 4 heteroatoms. The fourth-order valence-corrected chi connectivity index (χ4v) is 4.34. The lowest BCUT2D eigenvalue weighted by Gasteiger charge is -2.28. The van der Waals surface area contributed by atoms with Gasteiger partial charge >= 0.3 is 0 Å². The smallest absolute Gasteiger partial charge is 0.0438 e. The normalized spacial score (nSPS) is 25.6. The summed E-state index contributed by atoms with van der Waals surface area (Å²) in [6, 6.07) is 9.10. The number of anilines is 1. The van der Waals surface area contributed by atoms with E-state index in [4.69, 9.17) is 11.8 Å². The predicted octanol–water partition coefficient (Wildman–Crippen LogP) is 3.53. The average molecular weight is 283 g/mol. The summed E-state index contributed by atoms with van der Waals surface area (Å²) in [5.74, 6) is 1.13. The van der Waals surface area contributed by atoms with Crippen LogP contribution in [0.5, 0.6) is 0 Å². The first-order valence-electron chi connectivity index (χ1n) is 6.70. The molecular formula is C14H19ClN2S. The van der Waals surface area contributed by atoms with Crippen molar-refractivity contribution in [1.29, 1.82) is 0 Å². The molecule has 2 aliphatic rings.